The molecule has 0 amide bonds. The second-order valence-corrected chi connectivity index (χ2v) is 1.24. The molecule has 1 radical (unpaired) electrons. The fraction of sp³-hybridized carbons (Fsp3) is 0.200. The molecule has 0 fully saturated rings. The molecule has 0 unspecified atom stereocenters. The summed E-state index contributed by atoms with van der Waals surface area (Å²) in [6.07, 6.45) is 3.92. The summed E-state index contributed by atoms with van der Waals surface area (Å²) in [5, 5.41) is 0. The van der Waals surface area contributed by atoms with E-state index in [0.29, 0.717) is 0 Å². The molecule has 3 heteroatoms. The zero-order valence-electron chi connectivity index (χ0n) is 4.13. The van der Waals surface area contributed by atoms with Gasteiger partial charge >= 0.3 is 0 Å². The monoisotopic (exact) mass is 111 g/mol. The van der Waals surface area contributed by atoms with Crippen LogP contribution in [0.5, 0.6) is 0 Å². The second kappa shape index (κ2) is 2.35. The zero-order valence-corrected chi connectivity index (χ0v) is 4.13. The Labute approximate surface area is 46.4 Å². The number of halogens is 1. The van der Waals surface area contributed by atoms with Gasteiger partial charge < -0.3 is 0 Å². The highest BCUT2D eigenvalue weighted by Gasteiger charge is 1.87. The number of aromatic nitrogens is 2. The van der Waals surface area contributed by atoms with Crippen LogP contribution in [0.2, 0.25) is 0 Å². The van der Waals surface area contributed by atoms with Gasteiger partial charge in [-0.2, -0.15) is 0 Å². The lowest BCUT2D eigenvalue weighted by Crippen LogP contribution is -1.87. The van der Waals surface area contributed by atoms with Crippen molar-refractivity contribution in [3.63, 3.8) is 0 Å². The van der Waals surface area contributed by atoms with Crippen LogP contribution in [0.15, 0.2) is 12.3 Å². The van der Waals surface area contributed by atoms with Gasteiger partial charge in [0.15, 0.2) is 5.82 Å². The Bertz CT molecular complexity index is 152. The third-order valence-electron chi connectivity index (χ3n) is 0.686. The molecule has 1 heterocycles. The van der Waals surface area contributed by atoms with Gasteiger partial charge in [-0.05, 0) is 6.07 Å². The predicted octanol–water partition coefficient (Wildman–Crippen LogP) is 0.746. The number of hydrogen-bond donors (Lipinski definition) is 0. The van der Waals surface area contributed by atoms with Crippen molar-refractivity contribution in [2.24, 2.45) is 0 Å². The maximum atomic E-state index is 11.6. The van der Waals surface area contributed by atoms with E-state index in [1.54, 1.807) is 0 Å². The van der Waals surface area contributed by atoms with Gasteiger partial charge in [0, 0.05) is 6.20 Å². The third kappa shape index (κ3) is 0.992. The molecule has 1 aromatic heterocycles. The fourth-order valence-electron chi connectivity index (χ4n) is 0.362. The fourth-order valence-corrected chi connectivity index (χ4v) is 0.362. The summed E-state index contributed by atoms with van der Waals surface area (Å²) in [7, 11) is 0. The molecule has 2 nitrogen and oxygen atoms in total. The van der Waals surface area contributed by atoms with Crippen LogP contribution in [-0.2, 0) is 6.67 Å². The Hall–Kier alpha value is -0.990. The van der Waals surface area contributed by atoms with Gasteiger partial charge in [-0.25, -0.2) is 14.4 Å². The molecule has 0 N–H and O–H groups in total. The minimum Gasteiger partial charge on any atom is -0.242 e. The van der Waals surface area contributed by atoms with Gasteiger partial charge in [-0.1, -0.05) is 0 Å². The standard InChI is InChI=1S/C5H4FN2/c6-4-5-7-2-1-3-8-5/h1-2H,4H2. The van der Waals surface area contributed by atoms with Crippen LogP contribution >= 0.6 is 0 Å². The first-order valence-electron chi connectivity index (χ1n) is 2.17. The summed E-state index contributed by atoms with van der Waals surface area (Å²) >= 11 is 0. The largest absolute Gasteiger partial charge is 0.242 e. The maximum Gasteiger partial charge on any atom is 0.160 e. The minimum absolute atomic E-state index is 0.188. The first-order chi connectivity index (χ1) is 3.93. The van der Waals surface area contributed by atoms with Crippen LogP contribution < -0.4 is 0 Å². The smallest absolute Gasteiger partial charge is 0.160 e. The lowest BCUT2D eigenvalue weighted by molar-refractivity contribution is 0.465. The molecule has 0 saturated heterocycles. The van der Waals surface area contributed by atoms with Crippen LogP contribution in [0.3, 0.4) is 0 Å². The molecule has 0 aliphatic carbocycles. The predicted molar refractivity (Wildman–Crippen MR) is 25.7 cm³/mol. The molecule has 0 bridgehead atoms. The molecule has 0 aliphatic heterocycles. The Balaban J connectivity index is 2.83. The quantitative estimate of drug-likeness (QED) is 0.534. The van der Waals surface area contributed by atoms with E-state index in [2.05, 4.69) is 16.2 Å². The van der Waals surface area contributed by atoms with Crippen molar-refractivity contribution >= 4 is 0 Å². The van der Waals surface area contributed by atoms with Gasteiger partial charge in [0.25, 0.3) is 0 Å². The van der Waals surface area contributed by atoms with Crippen molar-refractivity contribution in [3.8, 4) is 0 Å². The average molecular weight is 111 g/mol. The number of alkyl halides is 1. The molecule has 1 aromatic rings. The Morgan fingerprint density at radius 1 is 1.75 bits per heavy atom. The van der Waals surface area contributed by atoms with Crippen molar-refractivity contribution < 1.29 is 4.39 Å². The van der Waals surface area contributed by atoms with Gasteiger partial charge in [0.2, 0.25) is 0 Å². The molecule has 0 atom stereocenters. The molecule has 41 valence electrons. The van der Waals surface area contributed by atoms with Crippen LogP contribution in [0.1, 0.15) is 5.82 Å². The van der Waals surface area contributed by atoms with E-state index < -0.39 is 6.67 Å². The van der Waals surface area contributed by atoms with Crippen molar-refractivity contribution in [2.45, 2.75) is 6.67 Å². The Kier molecular flexibility index (Phi) is 1.51. The van der Waals surface area contributed by atoms with Gasteiger partial charge in [-0.15, -0.1) is 0 Å². The highest BCUT2D eigenvalue weighted by molar-refractivity contribution is 4.84. The van der Waals surface area contributed by atoms with Crippen molar-refractivity contribution in [2.75, 3.05) is 0 Å². The van der Waals surface area contributed by atoms with Gasteiger partial charge in [0.1, 0.15) is 6.67 Å². The number of nitrogens with zero attached hydrogens (tertiary/aromatic N) is 2. The Morgan fingerprint density at radius 3 is 3.00 bits per heavy atom. The maximum absolute atomic E-state index is 11.6. The van der Waals surface area contributed by atoms with Crippen LogP contribution in [0, 0.1) is 6.20 Å². The summed E-state index contributed by atoms with van der Waals surface area (Å²) < 4.78 is 11.6. The summed E-state index contributed by atoms with van der Waals surface area (Å²) in [5.74, 6) is 0.188. The molecule has 8 heavy (non-hydrogen) atoms. The van der Waals surface area contributed by atoms with Crippen molar-refractivity contribution in [1.29, 1.82) is 0 Å². The normalized spacial score (nSPS) is 9.12. The van der Waals surface area contributed by atoms with Crippen LogP contribution in [0.25, 0.3) is 0 Å². The van der Waals surface area contributed by atoms with E-state index in [4.69, 9.17) is 0 Å². The highest BCUT2D eigenvalue weighted by Crippen LogP contribution is 1.86. The van der Waals surface area contributed by atoms with Crippen molar-refractivity contribution in [3.05, 3.63) is 24.3 Å². The molecule has 0 spiro atoms. The van der Waals surface area contributed by atoms with Gasteiger partial charge in [0.05, 0.1) is 6.20 Å². The molecule has 0 aliphatic rings. The molecule has 0 aromatic carbocycles. The van der Waals surface area contributed by atoms with E-state index in [9.17, 15) is 4.39 Å². The number of hydrogen-bond acceptors (Lipinski definition) is 2. The summed E-state index contributed by atoms with van der Waals surface area (Å²) in [5.41, 5.74) is 0. The van der Waals surface area contributed by atoms with E-state index in [1.165, 1.54) is 12.3 Å². The van der Waals surface area contributed by atoms with Crippen LogP contribution in [-0.4, -0.2) is 9.97 Å². The van der Waals surface area contributed by atoms with Crippen LogP contribution in [0.4, 0.5) is 4.39 Å². The molecular formula is C5H4FN2. The highest BCUT2D eigenvalue weighted by atomic mass is 19.1. The zero-order chi connectivity index (χ0) is 5.82. The average Bonchev–Trinajstić information content (AvgIpc) is 1.90. The SMILES string of the molecule is FCc1n[c]ccn1. The lowest BCUT2D eigenvalue weighted by atomic mass is 10.6. The van der Waals surface area contributed by atoms with E-state index >= 15 is 0 Å². The summed E-state index contributed by atoms with van der Waals surface area (Å²) in [6.45, 7) is -0.614. The minimum atomic E-state index is -0.614. The van der Waals surface area contributed by atoms with E-state index in [1.807, 2.05) is 0 Å². The summed E-state index contributed by atoms with van der Waals surface area (Å²) in [6, 6.07) is 1.53. The van der Waals surface area contributed by atoms with E-state index in [0.717, 1.165) is 0 Å². The third-order valence-corrected chi connectivity index (χ3v) is 0.686. The first-order valence-corrected chi connectivity index (χ1v) is 2.17. The van der Waals surface area contributed by atoms with E-state index in [-0.39, 0.29) is 5.82 Å². The molecular weight excluding hydrogens is 107 g/mol. The Morgan fingerprint density at radius 2 is 2.62 bits per heavy atom. The number of rotatable bonds is 1. The topological polar surface area (TPSA) is 25.8 Å². The van der Waals surface area contributed by atoms with Crippen molar-refractivity contribution in [1.82, 2.24) is 9.97 Å². The van der Waals surface area contributed by atoms with Gasteiger partial charge in [-0.3, -0.25) is 0 Å². The second-order valence-electron chi connectivity index (χ2n) is 1.24. The summed E-state index contributed by atoms with van der Waals surface area (Å²) in [4.78, 5) is 7.07. The lowest BCUT2D eigenvalue weighted by Gasteiger charge is -1.84. The molecule has 0 saturated carbocycles. The first kappa shape index (κ1) is 5.15. The molecule has 1 rings (SSSR count).